The standard InChI is InChI=1S/C27H26ClN3O2/c28-20-12-10-18(11-13-20)25-22-15-17-31(26(22)21-8-4-5-9-23(21)30-25)24(32)14-16-29-27(33)19-6-2-1-3-7-19/h1-13,22,25-26,30H,14-17H2,(H,29,33)/t22-,25+,26+/m1/s1. The Morgan fingerprint density at radius 3 is 2.48 bits per heavy atom. The first-order chi connectivity index (χ1) is 16.1. The summed E-state index contributed by atoms with van der Waals surface area (Å²) < 4.78 is 0. The van der Waals surface area contributed by atoms with Crippen LogP contribution in [0.15, 0.2) is 78.9 Å². The number of carbonyl (C=O) groups is 2. The summed E-state index contributed by atoms with van der Waals surface area (Å²) in [5, 5.41) is 7.29. The lowest BCUT2D eigenvalue weighted by atomic mass is 9.80. The van der Waals surface area contributed by atoms with Gasteiger partial charge >= 0.3 is 0 Å². The van der Waals surface area contributed by atoms with E-state index in [1.165, 1.54) is 5.56 Å². The second kappa shape index (κ2) is 9.28. The molecule has 3 aromatic rings. The zero-order chi connectivity index (χ0) is 22.8. The first-order valence-electron chi connectivity index (χ1n) is 11.4. The van der Waals surface area contributed by atoms with E-state index in [1.807, 2.05) is 47.4 Å². The maximum absolute atomic E-state index is 13.3. The van der Waals surface area contributed by atoms with Gasteiger partial charge in [0.25, 0.3) is 5.91 Å². The van der Waals surface area contributed by atoms with Gasteiger partial charge in [0.05, 0.1) is 12.1 Å². The molecule has 168 valence electrons. The van der Waals surface area contributed by atoms with Crippen molar-refractivity contribution in [1.82, 2.24) is 10.2 Å². The van der Waals surface area contributed by atoms with Crippen molar-refractivity contribution in [3.05, 3.63) is 101 Å². The van der Waals surface area contributed by atoms with Crippen molar-refractivity contribution in [2.24, 2.45) is 5.92 Å². The number of hydrogen-bond donors (Lipinski definition) is 2. The van der Waals surface area contributed by atoms with E-state index >= 15 is 0 Å². The SMILES string of the molecule is O=C(NCCC(=O)N1CC[C@@H]2[C@H](c3ccc(Cl)cc3)Nc3ccccc3[C@@H]21)c1ccccc1. The lowest BCUT2D eigenvalue weighted by molar-refractivity contribution is -0.132. The third kappa shape index (κ3) is 4.33. The molecule has 2 heterocycles. The van der Waals surface area contributed by atoms with Gasteiger partial charge in [-0.1, -0.05) is 60.1 Å². The predicted octanol–water partition coefficient (Wildman–Crippen LogP) is 5.22. The number of anilines is 1. The third-order valence-corrected chi connectivity index (χ3v) is 6.93. The summed E-state index contributed by atoms with van der Waals surface area (Å²) in [6.07, 6.45) is 1.20. The smallest absolute Gasteiger partial charge is 0.251 e. The van der Waals surface area contributed by atoms with Crippen LogP contribution in [0.2, 0.25) is 5.02 Å². The minimum atomic E-state index is -0.155. The van der Waals surface area contributed by atoms with Crippen molar-refractivity contribution in [3.8, 4) is 0 Å². The van der Waals surface area contributed by atoms with Gasteiger partial charge in [-0.2, -0.15) is 0 Å². The van der Waals surface area contributed by atoms with Gasteiger partial charge in [-0.15, -0.1) is 0 Å². The van der Waals surface area contributed by atoms with Gasteiger partial charge in [0.2, 0.25) is 5.91 Å². The molecule has 33 heavy (non-hydrogen) atoms. The molecule has 3 atom stereocenters. The molecule has 1 saturated heterocycles. The van der Waals surface area contributed by atoms with E-state index in [-0.39, 0.29) is 36.2 Å². The topological polar surface area (TPSA) is 61.4 Å². The normalized spacial score (nSPS) is 21.0. The Bertz CT molecular complexity index is 1150. The van der Waals surface area contributed by atoms with Crippen molar-refractivity contribution in [1.29, 1.82) is 0 Å². The second-order valence-electron chi connectivity index (χ2n) is 8.62. The monoisotopic (exact) mass is 459 g/mol. The molecule has 2 aliphatic rings. The van der Waals surface area contributed by atoms with E-state index in [0.717, 1.165) is 17.7 Å². The maximum Gasteiger partial charge on any atom is 0.251 e. The lowest BCUT2D eigenvalue weighted by Crippen LogP contribution is -2.38. The highest BCUT2D eigenvalue weighted by atomic mass is 35.5. The zero-order valence-corrected chi connectivity index (χ0v) is 19.0. The van der Waals surface area contributed by atoms with Crippen molar-refractivity contribution < 1.29 is 9.59 Å². The summed E-state index contributed by atoms with van der Waals surface area (Å²) in [6.45, 7) is 1.03. The number of rotatable bonds is 5. The minimum absolute atomic E-state index is 0.0143. The Morgan fingerprint density at radius 2 is 1.70 bits per heavy atom. The molecule has 1 fully saturated rings. The highest BCUT2D eigenvalue weighted by Crippen LogP contribution is 2.51. The highest BCUT2D eigenvalue weighted by Gasteiger charge is 2.45. The minimum Gasteiger partial charge on any atom is -0.378 e. The van der Waals surface area contributed by atoms with Crippen LogP contribution in [0, 0.1) is 5.92 Å². The molecular weight excluding hydrogens is 434 g/mol. The van der Waals surface area contributed by atoms with Gasteiger partial charge in [0.15, 0.2) is 0 Å². The zero-order valence-electron chi connectivity index (χ0n) is 18.2. The fourth-order valence-corrected chi connectivity index (χ4v) is 5.25. The Kier molecular flexibility index (Phi) is 6.05. The number of hydrogen-bond acceptors (Lipinski definition) is 3. The second-order valence-corrected chi connectivity index (χ2v) is 9.05. The average molecular weight is 460 g/mol. The van der Waals surface area contributed by atoms with Gasteiger partial charge in [-0.25, -0.2) is 0 Å². The molecule has 3 aromatic carbocycles. The van der Waals surface area contributed by atoms with Crippen molar-refractivity contribution in [2.45, 2.75) is 24.9 Å². The fraction of sp³-hybridized carbons (Fsp3) is 0.259. The number of halogens is 1. The molecule has 0 saturated carbocycles. The van der Waals surface area contributed by atoms with E-state index in [2.05, 4.69) is 34.9 Å². The fourth-order valence-electron chi connectivity index (χ4n) is 5.12. The number of carbonyl (C=O) groups excluding carboxylic acids is 2. The van der Waals surface area contributed by atoms with E-state index < -0.39 is 0 Å². The number of fused-ring (bicyclic) bond motifs is 3. The Morgan fingerprint density at radius 1 is 0.970 bits per heavy atom. The van der Waals surface area contributed by atoms with Crippen LogP contribution in [0.5, 0.6) is 0 Å². The number of benzene rings is 3. The highest BCUT2D eigenvalue weighted by molar-refractivity contribution is 6.30. The van der Waals surface area contributed by atoms with Crippen LogP contribution in [-0.2, 0) is 4.79 Å². The van der Waals surface area contributed by atoms with Crippen LogP contribution in [-0.4, -0.2) is 29.8 Å². The van der Waals surface area contributed by atoms with Gasteiger partial charge in [0, 0.05) is 41.7 Å². The molecule has 0 unspecified atom stereocenters. The first-order valence-corrected chi connectivity index (χ1v) is 11.7. The van der Waals surface area contributed by atoms with E-state index in [9.17, 15) is 9.59 Å². The van der Waals surface area contributed by atoms with E-state index in [0.29, 0.717) is 23.7 Å². The summed E-state index contributed by atoms with van der Waals surface area (Å²) in [7, 11) is 0. The lowest BCUT2D eigenvalue weighted by Gasteiger charge is -2.40. The molecule has 2 amide bonds. The molecule has 2 aliphatic heterocycles. The summed E-state index contributed by atoms with van der Waals surface area (Å²) in [4.78, 5) is 27.6. The average Bonchev–Trinajstić information content (AvgIpc) is 3.30. The number of amides is 2. The predicted molar refractivity (Wildman–Crippen MR) is 130 cm³/mol. The molecule has 0 spiro atoms. The third-order valence-electron chi connectivity index (χ3n) is 6.67. The molecule has 0 bridgehead atoms. The van der Waals surface area contributed by atoms with E-state index in [1.54, 1.807) is 12.1 Å². The van der Waals surface area contributed by atoms with Crippen LogP contribution in [0.4, 0.5) is 5.69 Å². The van der Waals surface area contributed by atoms with Gasteiger partial charge in [-0.3, -0.25) is 9.59 Å². The van der Waals surface area contributed by atoms with Crippen molar-refractivity contribution in [3.63, 3.8) is 0 Å². The maximum atomic E-state index is 13.3. The van der Waals surface area contributed by atoms with Gasteiger partial charge < -0.3 is 15.5 Å². The quantitative estimate of drug-likeness (QED) is 0.550. The van der Waals surface area contributed by atoms with Crippen LogP contribution in [0.25, 0.3) is 0 Å². The number of likely N-dealkylation sites (tertiary alicyclic amines) is 1. The van der Waals surface area contributed by atoms with Crippen molar-refractivity contribution >= 4 is 29.1 Å². The first kappa shape index (κ1) is 21.5. The summed E-state index contributed by atoms with van der Waals surface area (Å²) >= 11 is 6.11. The van der Waals surface area contributed by atoms with Crippen molar-refractivity contribution in [2.75, 3.05) is 18.4 Å². The van der Waals surface area contributed by atoms with E-state index in [4.69, 9.17) is 11.6 Å². The molecule has 0 aromatic heterocycles. The Balaban J connectivity index is 1.32. The largest absolute Gasteiger partial charge is 0.378 e. The van der Waals surface area contributed by atoms with Crippen LogP contribution in [0.3, 0.4) is 0 Å². The summed E-state index contributed by atoms with van der Waals surface area (Å²) in [5.41, 5.74) is 4.00. The molecule has 5 nitrogen and oxygen atoms in total. The number of nitrogens with one attached hydrogen (secondary N) is 2. The molecule has 5 rings (SSSR count). The Labute approximate surface area is 198 Å². The molecule has 0 aliphatic carbocycles. The number of nitrogens with zero attached hydrogens (tertiary/aromatic N) is 1. The summed E-state index contributed by atoms with van der Waals surface area (Å²) in [5.74, 6) is 0.184. The molecule has 2 N–H and O–H groups in total. The van der Waals surface area contributed by atoms with Crippen LogP contribution in [0.1, 0.15) is 46.4 Å². The van der Waals surface area contributed by atoms with Gasteiger partial charge in [0.1, 0.15) is 0 Å². The molecule has 6 heteroatoms. The summed E-state index contributed by atoms with van der Waals surface area (Å²) in [6, 6.07) is 25.4. The van der Waals surface area contributed by atoms with Crippen LogP contribution >= 0.6 is 11.6 Å². The van der Waals surface area contributed by atoms with Crippen LogP contribution < -0.4 is 10.6 Å². The Hall–Kier alpha value is -3.31. The molecule has 0 radical (unpaired) electrons. The van der Waals surface area contributed by atoms with Gasteiger partial charge in [-0.05, 0) is 47.9 Å². The number of para-hydroxylation sites is 1. The molecular formula is C27H26ClN3O2.